The Kier molecular flexibility index (Phi) is 8.17. The average molecular weight is 292 g/mol. The maximum atomic E-state index is 12.8. The minimum absolute atomic E-state index is 0.196. The van der Waals surface area contributed by atoms with Crippen LogP contribution in [-0.2, 0) is 18.4 Å². The van der Waals surface area contributed by atoms with Crippen LogP contribution in [0.25, 0.3) is 0 Å². The second-order valence-electron chi connectivity index (χ2n) is 5.97. The van der Waals surface area contributed by atoms with Crippen molar-refractivity contribution < 1.29 is 4.79 Å². The van der Waals surface area contributed by atoms with E-state index in [0.29, 0.717) is 5.91 Å². The molecule has 0 spiro atoms. The molecule has 21 heavy (non-hydrogen) atoms. The molecule has 0 saturated carbocycles. The maximum Gasteiger partial charge on any atom is 0.226 e. The zero-order valence-electron chi connectivity index (χ0n) is 14.3. The number of nitrogens with zero attached hydrogens (tertiary/aromatic N) is 2. The molecule has 1 aromatic heterocycles. The van der Waals surface area contributed by atoms with Crippen LogP contribution in [0.5, 0.6) is 0 Å². The number of carbonyl (C=O) groups is 1. The molecular weight excluding hydrogens is 260 g/mol. The second-order valence-corrected chi connectivity index (χ2v) is 5.97. The van der Waals surface area contributed by atoms with Crippen molar-refractivity contribution in [3.05, 3.63) is 24.0 Å². The number of unbranched alkanes of at least 4 members (excludes halogenated alkanes) is 2. The number of rotatable bonds is 10. The van der Waals surface area contributed by atoms with Crippen LogP contribution >= 0.6 is 0 Å². The fourth-order valence-corrected chi connectivity index (χ4v) is 2.68. The van der Waals surface area contributed by atoms with Crippen LogP contribution in [0.15, 0.2) is 18.3 Å². The lowest BCUT2D eigenvalue weighted by Gasteiger charge is -2.27. The molecular formula is C18H32N2O. The molecule has 0 radical (unpaired) electrons. The smallest absolute Gasteiger partial charge is 0.226 e. The standard InChI is InChI=1S/C18H32N2O/c1-5-8-11-16(7-3)18(21)20(14-9-6-2)15-17-12-10-13-19(17)4/h10,12-13,16H,5-9,11,14-15H2,1-4H3. The maximum absolute atomic E-state index is 12.8. The van der Waals surface area contributed by atoms with Gasteiger partial charge in [0.25, 0.3) is 0 Å². The topological polar surface area (TPSA) is 25.2 Å². The molecule has 0 N–H and O–H groups in total. The third kappa shape index (κ3) is 5.56. The Morgan fingerprint density at radius 2 is 1.95 bits per heavy atom. The van der Waals surface area contributed by atoms with Crippen molar-refractivity contribution in [2.45, 2.75) is 65.8 Å². The van der Waals surface area contributed by atoms with Crippen molar-refractivity contribution in [1.82, 2.24) is 9.47 Å². The first-order valence-corrected chi connectivity index (χ1v) is 8.52. The molecule has 3 heteroatoms. The predicted octanol–water partition coefficient (Wildman–Crippen LogP) is 4.37. The van der Waals surface area contributed by atoms with Gasteiger partial charge in [-0.15, -0.1) is 0 Å². The first kappa shape index (κ1) is 17.8. The summed E-state index contributed by atoms with van der Waals surface area (Å²) in [5.74, 6) is 0.544. The van der Waals surface area contributed by atoms with E-state index in [2.05, 4.69) is 36.3 Å². The van der Waals surface area contributed by atoms with Gasteiger partial charge in [-0.1, -0.05) is 40.0 Å². The monoisotopic (exact) mass is 292 g/mol. The fraction of sp³-hybridized carbons (Fsp3) is 0.722. The summed E-state index contributed by atoms with van der Waals surface area (Å²) in [4.78, 5) is 14.9. The van der Waals surface area contributed by atoms with Gasteiger partial charge in [-0.05, 0) is 31.4 Å². The van der Waals surface area contributed by atoms with E-state index in [9.17, 15) is 4.79 Å². The van der Waals surface area contributed by atoms with Gasteiger partial charge in [0, 0.05) is 31.4 Å². The highest BCUT2D eigenvalue weighted by Crippen LogP contribution is 2.18. The van der Waals surface area contributed by atoms with Crippen molar-refractivity contribution in [1.29, 1.82) is 0 Å². The molecule has 120 valence electrons. The van der Waals surface area contributed by atoms with Gasteiger partial charge in [-0.25, -0.2) is 0 Å². The highest BCUT2D eigenvalue weighted by molar-refractivity contribution is 5.78. The Bertz CT molecular complexity index is 411. The van der Waals surface area contributed by atoms with Gasteiger partial charge in [0.05, 0.1) is 6.54 Å². The molecule has 0 bridgehead atoms. The Labute approximate surface area is 130 Å². The molecule has 0 aliphatic rings. The van der Waals surface area contributed by atoms with E-state index in [1.807, 2.05) is 19.3 Å². The molecule has 1 rings (SSSR count). The Morgan fingerprint density at radius 3 is 2.48 bits per heavy atom. The molecule has 1 heterocycles. The van der Waals surface area contributed by atoms with Gasteiger partial charge in [-0.3, -0.25) is 4.79 Å². The zero-order valence-corrected chi connectivity index (χ0v) is 14.3. The van der Waals surface area contributed by atoms with E-state index in [4.69, 9.17) is 0 Å². The normalized spacial score (nSPS) is 12.4. The minimum atomic E-state index is 0.196. The van der Waals surface area contributed by atoms with Crippen LogP contribution in [0.3, 0.4) is 0 Å². The summed E-state index contributed by atoms with van der Waals surface area (Å²) in [6.45, 7) is 8.13. The molecule has 0 aliphatic heterocycles. The van der Waals surface area contributed by atoms with Crippen molar-refractivity contribution in [3.63, 3.8) is 0 Å². The van der Waals surface area contributed by atoms with Crippen LogP contribution in [0.1, 0.15) is 65.0 Å². The molecule has 1 aromatic rings. The highest BCUT2D eigenvalue weighted by atomic mass is 16.2. The number of aryl methyl sites for hydroxylation is 1. The van der Waals surface area contributed by atoms with E-state index in [1.165, 1.54) is 5.69 Å². The number of hydrogen-bond donors (Lipinski definition) is 0. The van der Waals surface area contributed by atoms with Crippen LogP contribution in [0.2, 0.25) is 0 Å². The molecule has 1 unspecified atom stereocenters. The van der Waals surface area contributed by atoms with Crippen molar-refractivity contribution in [2.75, 3.05) is 6.54 Å². The van der Waals surface area contributed by atoms with Crippen molar-refractivity contribution in [3.8, 4) is 0 Å². The first-order valence-electron chi connectivity index (χ1n) is 8.52. The summed E-state index contributed by atoms with van der Waals surface area (Å²) in [6.07, 6.45) is 8.55. The lowest BCUT2D eigenvalue weighted by molar-refractivity contribution is -0.136. The molecule has 3 nitrogen and oxygen atoms in total. The quantitative estimate of drug-likeness (QED) is 0.628. The van der Waals surface area contributed by atoms with Crippen molar-refractivity contribution >= 4 is 5.91 Å². The third-order valence-corrected chi connectivity index (χ3v) is 4.25. The Morgan fingerprint density at radius 1 is 1.24 bits per heavy atom. The first-order chi connectivity index (χ1) is 10.1. The number of aromatic nitrogens is 1. The second kappa shape index (κ2) is 9.64. The molecule has 0 aromatic carbocycles. The highest BCUT2D eigenvalue weighted by Gasteiger charge is 2.22. The Hall–Kier alpha value is -1.25. The lowest BCUT2D eigenvalue weighted by Crippen LogP contribution is -2.36. The average Bonchev–Trinajstić information content (AvgIpc) is 2.89. The van der Waals surface area contributed by atoms with Crippen LogP contribution in [0, 0.1) is 5.92 Å². The SMILES string of the molecule is CCCCC(CC)C(=O)N(CCCC)Cc1cccn1C. The van der Waals surface area contributed by atoms with E-state index >= 15 is 0 Å². The van der Waals surface area contributed by atoms with E-state index < -0.39 is 0 Å². The van der Waals surface area contributed by atoms with Crippen LogP contribution in [-0.4, -0.2) is 21.9 Å². The summed E-state index contributed by atoms with van der Waals surface area (Å²) in [7, 11) is 2.05. The third-order valence-electron chi connectivity index (χ3n) is 4.25. The number of amides is 1. The predicted molar refractivity (Wildman–Crippen MR) is 89.0 cm³/mol. The lowest BCUT2D eigenvalue weighted by atomic mass is 9.97. The van der Waals surface area contributed by atoms with Gasteiger partial charge < -0.3 is 9.47 Å². The summed E-state index contributed by atoms with van der Waals surface area (Å²) >= 11 is 0. The summed E-state index contributed by atoms with van der Waals surface area (Å²) < 4.78 is 2.11. The number of hydrogen-bond acceptors (Lipinski definition) is 1. The summed E-state index contributed by atoms with van der Waals surface area (Å²) in [5.41, 5.74) is 1.21. The van der Waals surface area contributed by atoms with Gasteiger partial charge in [0.15, 0.2) is 0 Å². The van der Waals surface area contributed by atoms with Gasteiger partial charge in [0.2, 0.25) is 5.91 Å². The van der Waals surface area contributed by atoms with Gasteiger partial charge >= 0.3 is 0 Å². The minimum Gasteiger partial charge on any atom is -0.353 e. The molecule has 0 fully saturated rings. The van der Waals surface area contributed by atoms with E-state index in [1.54, 1.807) is 0 Å². The summed E-state index contributed by atoms with van der Waals surface area (Å²) in [5, 5.41) is 0. The molecule has 1 amide bonds. The largest absolute Gasteiger partial charge is 0.353 e. The summed E-state index contributed by atoms with van der Waals surface area (Å²) in [6, 6.07) is 4.16. The Balaban J connectivity index is 2.74. The molecule has 0 aliphatic carbocycles. The molecule has 0 saturated heterocycles. The van der Waals surface area contributed by atoms with E-state index in [-0.39, 0.29) is 5.92 Å². The van der Waals surface area contributed by atoms with Crippen molar-refractivity contribution in [2.24, 2.45) is 13.0 Å². The zero-order chi connectivity index (χ0) is 15.7. The number of carbonyl (C=O) groups excluding carboxylic acids is 1. The van der Waals surface area contributed by atoms with E-state index in [0.717, 1.165) is 51.6 Å². The molecule has 1 atom stereocenters. The van der Waals surface area contributed by atoms with Crippen LogP contribution in [0.4, 0.5) is 0 Å². The van der Waals surface area contributed by atoms with Gasteiger partial charge in [0.1, 0.15) is 0 Å². The fourth-order valence-electron chi connectivity index (χ4n) is 2.68. The van der Waals surface area contributed by atoms with Gasteiger partial charge in [-0.2, -0.15) is 0 Å². The van der Waals surface area contributed by atoms with Crippen LogP contribution < -0.4 is 0 Å².